The van der Waals surface area contributed by atoms with E-state index in [4.69, 9.17) is 14.9 Å². The minimum Gasteiger partial charge on any atom is -0.487 e. The molecule has 1 unspecified atom stereocenters. The summed E-state index contributed by atoms with van der Waals surface area (Å²) in [4.78, 5) is 0. The van der Waals surface area contributed by atoms with Gasteiger partial charge in [-0.15, -0.1) is 0 Å². The van der Waals surface area contributed by atoms with Crippen molar-refractivity contribution in [3.63, 3.8) is 0 Å². The summed E-state index contributed by atoms with van der Waals surface area (Å²) in [6.45, 7) is 2.69. The number of aliphatic hydroxyl groups excluding tert-OH is 2. The maximum atomic E-state index is 13.5. The van der Waals surface area contributed by atoms with Crippen molar-refractivity contribution in [2.45, 2.75) is 19.6 Å². The van der Waals surface area contributed by atoms with E-state index in [1.807, 2.05) is 6.92 Å². The fraction of sp³-hybridized carbons (Fsp3) is 0.500. The van der Waals surface area contributed by atoms with Gasteiger partial charge < -0.3 is 20.3 Å². The largest absolute Gasteiger partial charge is 0.487 e. The lowest BCUT2D eigenvalue weighted by molar-refractivity contribution is 0.0519. The lowest BCUT2D eigenvalue weighted by atomic mass is 10.2. The molecule has 1 aromatic carbocycles. The number of ether oxygens (including phenoxy) is 1. The highest BCUT2D eigenvalue weighted by atomic mass is 19.1. The molecule has 3 N–H and O–H groups in total. The molecule has 0 aliphatic carbocycles. The van der Waals surface area contributed by atoms with E-state index in [0.29, 0.717) is 12.1 Å². The number of halogens is 1. The van der Waals surface area contributed by atoms with Crippen LogP contribution in [0.25, 0.3) is 0 Å². The Morgan fingerprint density at radius 1 is 1.47 bits per heavy atom. The number of hydrogen-bond acceptors (Lipinski definition) is 4. The summed E-state index contributed by atoms with van der Waals surface area (Å²) < 4.78 is 18.7. The third kappa shape index (κ3) is 4.30. The maximum Gasteiger partial charge on any atom is 0.165 e. The zero-order valence-electron chi connectivity index (χ0n) is 9.82. The minimum absolute atomic E-state index is 0.126. The molecule has 0 amide bonds. The third-order valence-electron chi connectivity index (χ3n) is 2.24. The van der Waals surface area contributed by atoms with Gasteiger partial charge in [-0.05, 0) is 12.6 Å². The molecule has 96 valence electrons. The molecule has 0 spiro atoms. The third-order valence-corrected chi connectivity index (χ3v) is 2.24. The topological polar surface area (TPSA) is 61.7 Å². The molecule has 0 aromatic heterocycles. The standard InChI is InChI=1S/C12H18FNO3/c1-2-14-6-9-4-3-5-11(13)12(9)17-8-10(16)7-15/h3-5,10,14-16H,2,6-8H2,1H3. The smallest absolute Gasteiger partial charge is 0.165 e. The van der Waals surface area contributed by atoms with Gasteiger partial charge >= 0.3 is 0 Å². The summed E-state index contributed by atoms with van der Waals surface area (Å²) in [6, 6.07) is 4.67. The van der Waals surface area contributed by atoms with Gasteiger partial charge in [-0.3, -0.25) is 0 Å². The zero-order chi connectivity index (χ0) is 12.7. The molecule has 0 aliphatic heterocycles. The second-order valence-electron chi connectivity index (χ2n) is 3.66. The fourth-order valence-corrected chi connectivity index (χ4v) is 1.35. The van der Waals surface area contributed by atoms with Crippen LogP contribution in [0.3, 0.4) is 0 Å². The number of aliphatic hydroxyl groups is 2. The molecule has 0 saturated heterocycles. The van der Waals surface area contributed by atoms with E-state index in [-0.39, 0.29) is 12.4 Å². The number of rotatable bonds is 7. The maximum absolute atomic E-state index is 13.5. The van der Waals surface area contributed by atoms with Crippen molar-refractivity contribution >= 4 is 0 Å². The van der Waals surface area contributed by atoms with Gasteiger partial charge in [0.25, 0.3) is 0 Å². The van der Waals surface area contributed by atoms with Crippen molar-refractivity contribution in [2.75, 3.05) is 19.8 Å². The van der Waals surface area contributed by atoms with E-state index in [1.165, 1.54) is 6.07 Å². The lowest BCUT2D eigenvalue weighted by Crippen LogP contribution is -2.22. The Morgan fingerprint density at radius 3 is 2.88 bits per heavy atom. The normalized spacial score (nSPS) is 12.5. The molecule has 0 radical (unpaired) electrons. The summed E-state index contributed by atoms with van der Waals surface area (Å²) in [5.74, 6) is -0.341. The van der Waals surface area contributed by atoms with E-state index < -0.39 is 18.5 Å². The van der Waals surface area contributed by atoms with E-state index in [9.17, 15) is 4.39 Å². The number of para-hydroxylation sites is 1. The van der Waals surface area contributed by atoms with Crippen molar-refractivity contribution in [2.24, 2.45) is 0 Å². The highest BCUT2D eigenvalue weighted by molar-refractivity contribution is 5.34. The molecule has 0 heterocycles. The van der Waals surface area contributed by atoms with Gasteiger partial charge in [-0.1, -0.05) is 19.1 Å². The molecular weight excluding hydrogens is 225 g/mol. The van der Waals surface area contributed by atoms with E-state index in [0.717, 1.165) is 6.54 Å². The predicted octanol–water partition coefficient (Wildman–Crippen LogP) is 0.667. The van der Waals surface area contributed by atoms with Crippen LogP contribution >= 0.6 is 0 Å². The Bertz CT molecular complexity index is 347. The van der Waals surface area contributed by atoms with Crippen LogP contribution in [0.4, 0.5) is 4.39 Å². The number of benzene rings is 1. The van der Waals surface area contributed by atoms with Crippen LogP contribution in [-0.4, -0.2) is 36.1 Å². The molecule has 4 nitrogen and oxygen atoms in total. The molecular formula is C12H18FNO3. The Hall–Kier alpha value is -1.17. The van der Waals surface area contributed by atoms with E-state index >= 15 is 0 Å². The van der Waals surface area contributed by atoms with Crippen LogP contribution in [-0.2, 0) is 6.54 Å². The van der Waals surface area contributed by atoms with Crippen LogP contribution in [0.1, 0.15) is 12.5 Å². The van der Waals surface area contributed by atoms with Gasteiger partial charge in [0.05, 0.1) is 6.61 Å². The van der Waals surface area contributed by atoms with Gasteiger partial charge in [-0.25, -0.2) is 4.39 Å². The average molecular weight is 243 g/mol. The van der Waals surface area contributed by atoms with Gasteiger partial charge in [0.2, 0.25) is 0 Å². The lowest BCUT2D eigenvalue weighted by Gasteiger charge is -2.14. The van der Waals surface area contributed by atoms with Gasteiger partial charge in [0.15, 0.2) is 11.6 Å². The van der Waals surface area contributed by atoms with Crippen molar-refractivity contribution < 1.29 is 19.3 Å². The first-order valence-corrected chi connectivity index (χ1v) is 5.58. The molecule has 17 heavy (non-hydrogen) atoms. The molecule has 1 aromatic rings. The molecule has 1 rings (SSSR count). The SMILES string of the molecule is CCNCc1cccc(F)c1OCC(O)CO. The summed E-state index contributed by atoms with van der Waals surface area (Å²) in [5.41, 5.74) is 0.692. The quantitative estimate of drug-likeness (QED) is 0.658. The summed E-state index contributed by atoms with van der Waals surface area (Å²) in [6.07, 6.45) is -0.999. The molecule has 0 aliphatic rings. The molecule has 5 heteroatoms. The second kappa shape index (κ2) is 7.21. The Balaban J connectivity index is 2.72. The van der Waals surface area contributed by atoms with Crippen LogP contribution in [0, 0.1) is 5.82 Å². The van der Waals surface area contributed by atoms with Crippen LogP contribution < -0.4 is 10.1 Å². The van der Waals surface area contributed by atoms with Crippen molar-refractivity contribution in [1.29, 1.82) is 0 Å². The minimum atomic E-state index is -0.999. The molecule has 0 fully saturated rings. The number of nitrogens with one attached hydrogen (secondary N) is 1. The van der Waals surface area contributed by atoms with Crippen molar-refractivity contribution in [3.05, 3.63) is 29.6 Å². The zero-order valence-corrected chi connectivity index (χ0v) is 9.82. The predicted molar refractivity (Wildman–Crippen MR) is 62.4 cm³/mol. The fourth-order valence-electron chi connectivity index (χ4n) is 1.35. The first kappa shape index (κ1) is 13.9. The first-order chi connectivity index (χ1) is 8.19. The monoisotopic (exact) mass is 243 g/mol. The Labute approximate surface area is 100 Å². The second-order valence-corrected chi connectivity index (χ2v) is 3.66. The van der Waals surface area contributed by atoms with Crippen LogP contribution in [0.5, 0.6) is 5.75 Å². The van der Waals surface area contributed by atoms with Crippen LogP contribution in [0.2, 0.25) is 0 Å². The summed E-state index contributed by atoms with van der Waals surface area (Å²) in [7, 11) is 0. The summed E-state index contributed by atoms with van der Waals surface area (Å²) >= 11 is 0. The van der Waals surface area contributed by atoms with Gasteiger partial charge in [0, 0.05) is 12.1 Å². The van der Waals surface area contributed by atoms with Crippen LogP contribution in [0.15, 0.2) is 18.2 Å². The highest BCUT2D eigenvalue weighted by Crippen LogP contribution is 2.22. The van der Waals surface area contributed by atoms with Crippen molar-refractivity contribution in [1.82, 2.24) is 5.32 Å². The summed E-state index contributed by atoms with van der Waals surface area (Å²) in [5, 5.41) is 20.9. The highest BCUT2D eigenvalue weighted by Gasteiger charge is 2.11. The molecule has 1 atom stereocenters. The van der Waals surface area contributed by atoms with E-state index in [2.05, 4.69) is 5.32 Å². The Morgan fingerprint density at radius 2 is 2.24 bits per heavy atom. The van der Waals surface area contributed by atoms with Gasteiger partial charge in [0.1, 0.15) is 12.7 Å². The Kier molecular flexibility index (Phi) is 5.90. The number of hydrogen-bond donors (Lipinski definition) is 3. The first-order valence-electron chi connectivity index (χ1n) is 5.58. The van der Waals surface area contributed by atoms with Crippen molar-refractivity contribution in [3.8, 4) is 5.75 Å². The average Bonchev–Trinajstić information content (AvgIpc) is 2.34. The molecule has 0 bridgehead atoms. The van der Waals surface area contributed by atoms with E-state index in [1.54, 1.807) is 12.1 Å². The van der Waals surface area contributed by atoms with Gasteiger partial charge in [-0.2, -0.15) is 0 Å². The molecule has 0 saturated carbocycles.